The zero-order valence-corrected chi connectivity index (χ0v) is 12.3. The van der Waals surface area contributed by atoms with E-state index in [4.69, 9.17) is 9.47 Å². The third-order valence-electron chi connectivity index (χ3n) is 2.79. The number of nitro groups is 1. The van der Waals surface area contributed by atoms with Crippen molar-refractivity contribution in [3.63, 3.8) is 0 Å². The smallest absolute Gasteiger partial charge is 0.358 e. The van der Waals surface area contributed by atoms with Gasteiger partial charge in [0.25, 0.3) is 0 Å². The van der Waals surface area contributed by atoms with Crippen molar-refractivity contribution in [1.29, 1.82) is 0 Å². The van der Waals surface area contributed by atoms with E-state index >= 15 is 0 Å². The molecule has 0 radical (unpaired) electrons. The van der Waals surface area contributed by atoms with Crippen molar-refractivity contribution in [2.45, 2.75) is 30.6 Å². The topological polar surface area (TPSA) is 121 Å². The predicted octanol–water partition coefficient (Wildman–Crippen LogP) is 0.420. The largest absolute Gasteiger partial charge is 0.363 e. The molecular weight excluding hydrogens is 302 g/mol. The second-order valence-electron chi connectivity index (χ2n) is 4.91. The monoisotopic (exact) mass is 317 g/mol. The number of rotatable bonds is 5. The van der Waals surface area contributed by atoms with Gasteiger partial charge in [0, 0.05) is 12.6 Å². The molecule has 1 aliphatic heterocycles. The summed E-state index contributed by atoms with van der Waals surface area (Å²) in [6.45, 7) is 3.81. The van der Waals surface area contributed by atoms with E-state index in [0.717, 1.165) is 18.3 Å². The van der Waals surface area contributed by atoms with Crippen LogP contribution in [0.2, 0.25) is 0 Å². The van der Waals surface area contributed by atoms with Crippen LogP contribution in [0.25, 0.3) is 0 Å². The molecule has 21 heavy (non-hydrogen) atoms. The minimum absolute atomic E-state index is 0.0444. The molecule has 0 bridgehead atoms. The first-order valence-electron chi connectivity index (χ1n) is 6.11. The molecule has 1 unspecified atom stereocenters. The summed E-state index contributed by atoms with van der Waals surface area (Å²) in [6, 6.07) is 2.16. The third kappa shape index (κ3) is 3.94. The van der Waals surface area contributed by atoms with Crippen molar-refractivity contribution in [2.24, 2.45) is 0 Å². The zero-order chi connectivity index (χ0) is 15.7. The Labute approximate surface area is 121 Å². The summed E-state index contributed by atoms with van der Waals surface area (Å²) in [5.41, 5.74) is 0. The van der Waals surface area contributed by atoms with Crippen LogP contribution in [0.5, 0.6) is 0 Å². The number of ether oxygens (including phenoxy) is 2. The third-order valence-corrected chi connectivity index (χ3v) is 4.20. The van der Waals surface area contributed by atoms with Crippen LogP contribution in [0.3, 0.4) is 0 Å². The number of pyridine rings is 1. The Morgan fingerprint density at radius 3 is 2.71 bits per heavy atom. The lowest BCUT2D eigenvalue weighted by molar-refractivity contribution is -0.389. The Balaban J connectivity index is 2.00. The molecule has 1 aliphatic rings. The lowest BCUT2D eigenvalue weighted by atomic mass is 10.4. The van der Waals surface area contributed by atoms with E-state index in [9.17, 15) is 18.5 Å². The fourth-order valence-corrected chi connectivity index (χ4v) is 2.80. The molecule has 1 fully saturated rings. The average Bonchev–Trinajstić information content (AvgIpc) is 2.76. The van der Waals surface area contributed by atoms with Gasteiger partial charge in [-0.1, -0.05) is 0 Å². The molecular formula is C11H15N3O6S. The van der Waals surface area contributed by atoms with Gasteiger partial charge in [-0.3, -0.25) is 0 Å². The first kappa shape index (κ1) is 15.8. The quantitative estimate of drug-likeness (QED) is 0.617. The van der Waals surface area contributed by atoms with Crippen molar-refractivity contribution in [2.75, 3.05) is 13.2 Å². The summed E-state index contributed by atoms with van der Waals surface area (Å²) in [7, 11) is -3.80. The van der Waals surface area contributed by atoms with Crippen LogP contribution in [0, 0.1) is 10.1 Å². The number of sulfonamides is 1. The van der Waals surface area contributed by atoms with Gasteiger partial charge in [0.1, 0.15) is 4.90 Å². The molecule has 1 atom stereocenters. The molecule has 0 spiro atoms. The van der Waals surface area contributed by atoms with Crippen molar-refractivity contribution in [3.8, 4) is 0 Å². The van der Waals surface area contributed by atoms with Gasteiger partial charge in [-0.15, -0.1) is 0 Å². The highest BCUT2D eigenvalue weighted by molar-refractivity contribution is 7.89. The van der Waals surface area contributed by atoms with Gasteiger partial charge < -0.3 is 19.6 Å². The number of aromatic nitrogens is 1. The highest BCUT2D eigenvalue weighted by Crippen LogP contribution is 2.22. The molecule has 116 valence electrons. The molecule has 1 saturated heterocycles. The summed E-state index contributed by atoms with van der Waals surface area (Å²) in [4.78, 5) is 13.1. The van der Waals surface area contributed by atoms with Crippen molar-refractivity contribution in [3.05, 3.63) is 28.4 Å². The molecule has 0 aliphatic carbocycles. The highest BCUT2D eigenvalue weighted by Gasteiger charge is 2.33. The maximum absolute atomic E-state index is 12.0. The molecule has 9 nitrogen and oxygen atoms in total. The van der Waals surface area contributed by atoms with E-state index < -0.39 is 26.6 Å². The molecule has 1 aromatic rings. The molecule has 0 aromatic carbocycles. The van der Waals surface area contributed by atoms with Gasteiger partial charge in [-0.2, -0.15) is 0 Å². The van der Waals surface area contributed by atoms with Crippen LogP contribution < -0.4 is 4.72 Å². The van der Waals surface area contributed by atoms with Crippen molar-refractivity contribution in [1.82, 2.24) is 9.71 Å². The van der Waals surface area contributed by atoms with Crippen LogP contribution in [0.4, 0.5) is 5.82 Å². The Morgan fingerprint density at radius 1 is 1.52 bits per heavy atom. The van der Waals surface area contributed by atoms with E-state index in [2.05, 4.69) is 9.71 Å². The molecule has 0 amide bonds. The number of nitrogens with zero attached hydrogens (tertiary/aromatic N) is 2. The van der Waals surface area contributed by atoms with Crippen LogP contribution >= 0.6 is 0 Å². The van der Waals surface area contributed by atoms with E-state index in [-0.39, 0.29) is 24.2 Å². The predicted molar refractivity (Wildman–Crippen MR) is 71.0 cm³/mol. The van der Waals surface area contributed by atoms with E-state index in [1.165, 1.54) is 0 Å². The molecule has 2 rings (SSSR count). The summed E-state index contributed by atoms with van der Waals surface area (Å²) >= 11 is 0. The van der Waals surface area contributed by atoms with Gasteiger partial charge >= 0.3 is 5.82 Å². The lowest BCUT2D eigenvalue weighted by Crippen LogP contribution is -2.34. The fourth-order valence-electron chi connectivity index (χ4n) is 1.79. The molecule has 1 aromatic heterocycles. The van der Waals surface area contributed by atoms with E-state index in [1.54, 1.807) is 13.8 Å². The Morgan fingerprint density at radius 2 is 2.24 bits per heavy atom. The molecule has 2 heterocycles. The van der Waals surface area contributed by atoms with E-state index in [0.29, 0.717) is 0 Å². The molecule has 10 heteroatoms. The second-order valence-corrected chi connectivity index (χ2v) is 6.68. The summed E-state index contributed by atoms with van der Waals surface area (Å²) in [6.07, 6.45) is 0.553. The van der Waals surface area contributed by atoms with Gasteiger partial charge in [0.15, 0.2) is 12.0 Å². The number of hydrogen-bond acceptors (Lipinski definition) is 7. The normalized spacial score (nSPS) is 21.3. The maximum Gasteiger partial charge on any atom is 0.363 e. The van der Waals surface area contributed by atoms with Gasteiger partial charge in [0.2, 0.25) is 10.0 Å². The first-order valence-corrected chi connectivity index (χ1v) is 7.60. The fraction of sp³-hybridized carbons (Fsp3) is 0.545. The van der Waals surface area contributed by atoms with Gasteiger partial charge in [-0.05, 0) is 29.8 Å². The van der Waals surface area contributed by atoms with Crippen molar-refractivity contribution >= 4 is 15.8 Å². The highest BCUT2D eigenvalue weighted by atomic mass is 32.2. The van der Waals surface area contributed by atoms with E-state index in [1.807, 2.05) is 0 Å². The van der Waals surface area contributed by atoms with Gasteiger partial charge in [-0.25, -0.2) is 13.1 Å². The number of nitrogens with one attached hydrogen (secondary N) is 1. The van der Waals surface area contributed by atoms with Crippen LogP contribution in [0.1, 0.15) is 13.8 Å². The standard InChI is InChI=1S/C11H15N3O6S/c1-11(2)19-7-8(20-11)5-13-21(17,18)9-3-4-10(12-6-9)14(15)16/h3-4,6,8,13H,5,7H2,1-2H3. The zero-order valence-electron chi connectivity index (χ0n) is 11.5. The first-order chi connectivity index (χ1) is 9.70. The average molecular weight is 317 g/mol. The summed E-state index contributed by atoms with van der Waals surface area (Å²) in [5, 5.41) is 10.5. The van der Waals surface area contributed by atoms with Crippen LogP contribution in [-0.4, -0.2) is 43.4 Å². The Kier molecular flexibility index (Phi) is 4.23. The van der Waals surface area contributed by atoms with Crippen molar-refractivity contribution < 1.29 is 22.8 Å². The van der Waals surface area contributed by atoms with Gasteiger partial charge in [0.05, 0.1) is 12.7 Å². The summed E-state index contributed by atoms with van der Waals surface area (Å²) in [5.74, 6) is -1.14. The summed E-state index contributed by atoms with van der Waals surface area (Å²) < 4.78 is 37.2. The molecule has 0 saturated carbocycles. The minimum atomic E-state index is -3.80. The lowest BCUT2D eigenvalue weighted by Gasteiger charge is -2.17. The molecule has 1 N–H and O–H groups in total. The Hall–Kier alpha value is -1.62. The Bertz CT molecular complexity index is 628. The maximum atomic E-state index is 12.0. The second kappa shape index (κ2) is 5.64. The minimum Gasteiger partial charge on any atom is -0.358 e. The van der Waals surface area contributed by atoms with Crippen LogP contribution in [0.15, 0.2) is 23.2 Å². The number of hydrogen-bond donors (Lipinski definition) is 1. The van der Waals surface area contributed by atoms with Crippen LogP contribution in [-0.2, 0) is 19.5 Å². The SMILES string of the molecule is CC1(C)OCC(CNS(=O)(=O)c2ccc([N+](=O)[O-])nc2)O1.